The highest BCUT2D eigenvalue weighted by Gasteiger charge is 2.00. The summed E-state index contributed by atoms with van der Waals surface area (Å²) in [4.78, 5) is 11.2. The van der Waals surface area contributed by atoms with E-state index in [9.17, 15) is 4.79 Å². The summed E-state index contributed by atoms with van der Waals surface area (Å²) in [6.45, 7) is 1.90. The van der Waals surface area contributed by atoms with Crippen molar-refractivity contribution in [1.82, 2.24) is 5.32 Å². The fraction of sp³-hybridized carbons (Fsp3) is 0.875. The van der Waals surface area contributed by atoms with Crippen LogP contribution in [0.25, 0.3) is 0 Å². The van der Waals surface area contributed by atoms with Crippen LogP contribution < -0.4 is 11.1 Å². The highest BCUT2D eigenvalue weighted by atomic mass is 33.1. The normalized spacial score (nSPS) is 10.3. The molecule has 0 fully saturated rings. The second kappa shape index (κ2) is 12.5. The van der Waals surface area contributed by atoms with Gasteiger partial charge in [0.15, 0.2) is 0 Å². The van der Waals surface area contributed by atoms with Gasteiger partial charge < -0.3 is 15.2 Å². The minimum atomic E-state index is 0.0926. The minimum Gasteiger partial charge on any atom is -0.356 e. The van der Waals surface area contributed by atoms with E-state index in [2.05, 4.69) is 22.4 Å². The molecule has 0 spiro atoms. The van der Waals surface area contributed by atoms with E-state index in [0.29, 0.717) is 26.1 Å². The van der Waals surface area contributed by atoms with Crippen molar-refractivity contribution in [2.75, 3.05) is 31.2 Å². The van der Waals surface area contributed by atoms with Crippen LogP contribution in [0.1, 0.15) is 12.8 Å². The lowest BCUT2D eigenvalue weighted by Gasteiger charge is -2.03. The lowest BCUT2D eigenvalue weighted by Crippen LogP contribution is -2.25. The maximum absolute atomic E-state index is 11.2. The van der Waals surface area contributed by atoms with Gasteiger partial charge in [-0.2, -0.15) is 0 Å². The summed E-state index contributed by atoms with van der Waals surface area (Å²) in [5.74, 6) is 1.86. The number of hydrogen-bond donors (Lipinski definition) is 3. The number of rotatable bonds is 10. The van der Waals surface area contributed by atoms with Crippen LogP contribution in [0, 0.1) is 0 Å². The standard InChI is InChI=1S/C8H18N2O2S3/c9-3-7-15-14-6-2-8(11)10-4-1-5-12-13/h13H,1-7,9H2,(H,10,11). The van der Waals surface area contributed by atoms with E-state index < -0.39 is 0 Å². The second-order valence-electron chi connectivity index (χ2n) is 2.72. The molecule has 15 heavy (non-hydrogen) atoms. The van der Waals surface area contributed by atoms with Gasteiger partial charge in [0.25, 0.3) is 0 Å². The molecular weight excluding hydrogens is 252 g/mol. The van der Waals surface area contributed by atoms with Crippen molar-refractivity contribution >= 4 is 40.4 Å². The van der Waals surface area contributed by atoms with E-state index in [1.165, 1.54) is 0 Å². The van der Waals surface area contributed by atoms with Crippen LogP contribution in [-0.2, 0) is 8.98 Å². The van der Waals surface area contributed by atoms with Gasteiger partial charge >= 0.3 is 0 Å². The third kappa shape index (κ3) is 12.4. The van der Waals surface area contributed by atoms with Gasteiger partial charge in [0, 0.05) is 31.0 Å². The summed E-state index contributed by atoms with van der Waals surface area (Å²) in [6, 6.07) is 0. The van der Waals surface area contributed by atoms with Crippen LogP contribution in [0.2, 0.25) is 0 Å². The van der Waals surface area contributed by atoms with Crippen molar-refractivity contribution in [3.63, 3.8) is 0 Å². The number of hydrogen-bond acceptors (Lipinski definition) is 6. The first-order valence-electron chi connectivity index (χ1n) is 4.78. The maximum Gasteiger partial charge on any atom is 0.220 e. The van der Waals surface area contributed by atoms with Crippen LogP contribution in [0.15, 0.2) is 0 Å². The van der Waals surface area contributed by atoms with Gasteiger partial charge in [-0.1, -0.05) is 21.6 Å². The van der Waals surface area contributed by atoms with Crippen LogP contribution in [0.3, 0.4) is 0 Å². The van der Waals surface area contributed by atoms with Crippen molar-refractivity contribution in [1.29, 1.82) is 0 Å². The quantitative estimate of drug-likeness (QED) is 0.240. The highest BCUT2D eigenvalue weighted by Crippen LogP contribution is 2.20. The van der Waals surface area contributed by atoms with Crippen molar-refractivity contribution in [2.45, 2.75) is 12.8 Å². The Morgan fingerprint density at radius 2 is 2.13 bits per heavy atom. The molecule has 1 amide bonds. The SMILES string of the molecule is NCCSSCCC(=O)NCCCOS. The van der Waals surface area contributed by atoms with E-state index in [1.54, 1.807) is 21.6 Å². The van der Waals surface area contributed by atoms with Crippen LogP contribution in [-0.4, -0.2) is 37.1 Å². The molecule has 0 saturated carbocycles. The number of nitrogens with one attached hydrogen (secondary N) is 1. The summed E-state index contributed by atoms with van der Waals surface area (Å²) < 4.78 is 4.57. The molecule has 3 N–H and O–H groups in total. The number of carbonyl (C=O) groups is 1. The predicted molar refractivity (Wildman–Crippen MR) is 71.2 cm³/mol. The fourth-order valence-electron chi connectivity index (χ4n) is 0.753. The first-order chi connectivity index (χ1) is 7.31. The van der Waals surface area contributed by atoms with Crippen molar-refractivity contribution in [3.8, 4) is 0 Å². The molecule has 0 aromatic carbocycles. The summed E-state index contributed by atoms with van der Waals surface area (Å²) >= 11 is 3.61. The average molecular weight is 270 g/mol. The molecule has 0 atom stereocenters. The van der Waals surface area contributed by atoms with E-state index in [0.717, 1.165) is 17.9 Å². The Hall–Kier alpha value is 0.440. The Kier molecular flexibility index (Phi) is 12.9. The minimum absolute atomic E-state index is 0.0926. The zero-order chi connectivity index (χ0) is 11.4. The lowest BCUT2D eigenvalue weighted by molar-refractivity contribution is -0.120. The largest absolute Gasteiger partial charge is 0.356 e. The predicted octanol–water partition coefficient (Wildman–Crippen LogP) is 1.08. The zero-order valence-electron chi connectivity index (χ0n) is 8.61. The highest BCUT2D eigenvalue weighted by molar-refractivity contribution is 8.76. The Bertz CT molecular complexity index is 161. The first kappa shape index (κ1) is 15.4. The number of amides is 1. The molecule has 7 heteroatoms. The summed E-state index contributed by atoms with van der Waals surface area (Å²) in [5, 5.41) is 2.81. The Balaban J connectivity index is 3.11. The van der Waals surface area contributed by atoms with E-state index >= 15 is 0 Å². The molecular formula is C8H18N2O2S3. The van der Waals surface area contributed by atoms with Gasteiger partial charge in [-0.3, -0.25) is 4.79 Å². The summed E-state index contributed by atoms with van der Waals surface area (Å²) in [7, 11) is 3.40. The summed E-state index contributed by atoms with van der Waals surface area (Å²) in [5.41, 5.74) is 5.33. The molecule has 0 unspecified atom stereocenters. The van der Waals surface area contributed by atoms with Crippen molar-refractivity contribution < 1.29 is 8.98 Å². The van der Waals surface area contributed by atoms with Crippen LogP contribution in [0.4, 0.5) is 0 Å². The van der Waals surface area contributed by atoms with E-state index in [1.807, 2.05) is 0 Å². The fourth-order valence-corrected chi connectivity index (χ4v) is 2.73. The molecule has 0 heterocycles. The van der Waals surface area contributed by atoms with E-state index in [-0.39, 0.29) is 5.91 Å². The topological polar surface area (TPSA) is 64.4 Å². The molecule has 90 valence electrons. The average Bonchev–Trinajstić information content (AvgIpc) is 2.24. The molecule has 0 radical (unpaired) electrons. The Morgan fingerprint density at radius 1 is 1.40 bits per heavy atom. The number of nitrogens with two attached hydrogens (primary N) is 1. The first-order valence-corrected chi connectivity index (χ1v) is 7.64. The molecule has 0 bridgehead atoms. The van der Waals surface area contributed by atoms with Gasteiger partial charge in [-0.05, 0) is 19.3 Å². The molecule has 0 aromatic rings. The molecule has 0 aliphatic heterocycles. The third-order valence-corrected chi connectivity index (χ3v) is 4.05. The van der Waals surface area contributed by atoms with Crippen LogP contribution >= 0.6 is 34.5 Å². The number of carbonyl (C=O) groups excluding carboxylic acids is 1. The van der Waals surface area contributed by atoms with Gasteiger partial charge in [-0.25, -0.2) is 0 Å². The van der Waals surface area contributed by atoms with Gasteiger partial charge in [0.05, 0.1) is 6.61 Å². The monoisotopic (exact) mass is 270 g/mol. The summed E-state index contributed by atoms with van der Waals surface area (Å²) in [6.07, 6.45) is 1.36. The number of thiol groups is 1. The molecule has 0 aromatic heterocycles. The Morgan fingerprint density at radius 3 is 2.80 bits per heavy atom. The smallest absolute Gasteiger partial charge is 0.220 e. The van der Waals surface area contributed by atoms with Crippen LogP contribution in [0.5, 0.6) is 0 Å². The second-order valence-corrected chi connectivity index (χ2v) is 5.68. The van der Waals surface area contributed by atoms with Gasteiger partial charge in [0.1, 0.15) is 0 Å². The molecule has 0 rings (SSSR count). The van der Waals surface area contributed by atoms with Gasteiger partial charge in [0.2, 0.25) is 5.91 Å². The van der Waals surface area contributed by atoms with Gasteiger partial charge in [-0.15, -0.1) is 0 Å². The third-order valence-electron chi connectivity index (χ3n) is 1.43. The maximum atomic E-state index is 11.2. The Labute approximate surface area is 104 Å². The molecule has 0 saturated heterocycles. The van der Waals surface area contributed by atoms with E-state index in [4.69, 9.17) is 5.73 Å². The zero-order valence-corrected chi connectivity index (χ0v) is 11.1. The molecule has 0 aliphatic rings. The lowest BCUT2D eigenvalue weighted by atomic mass is 10.4. The van der Waals surface area contributed by atoms with Crippen molar-refractivity contribution in [2.24, 2.45) is 5.73 Å². The molecule has 0 aliphatic carbocycles. The van der Waals surface area contributed by atoms with Crippen molar-refractivity contribution in [3.05, 3.63) is 0 Å². The molecule has 4 nitrogen and oxygen atoms in total.